The number of allylic oxidation sites excluding steroid dienone is 2. The Morgan fingerprint density at radius 2 is 2.12 bits per heavy atom. The fourth-order valence-electron chi connectivity index (χ4n) is 3.10. The Balaban J connectivity index is 2.06. The summed E-state index contributed by atoms with van der Waals surface area (Å²) in [5.41, 5.74) is 0. The van der Waals surface area contributed by atoms with Crippen LogP contribution in [0.3, 0.4) is 0 Å². The molecule has 1 saturated heterocycles. The van der Waals surface area contributed by atoms with Gasteiger partial charge in [0.2, 0.25) is 0 Å². The molecule has 2 atom stereocenters. The molecule has 1 heterocycles. The number of hydrogen-bond acceptors (Lipinski definition) is 3. The molecule has 0 radical (unpaired) electrons. The van der Waals surface area contributed by atoms with Crippen LogP contribution in [-0.2, 0) is 9.47 Å². The Morgan fingerprint density at radius 3 is 2.76 bits per heavy atom. The smallest absolute Gasteiger partial charge is 0.171 e. The zero-order chi connectivity index (χ0) is 12.1. The van der Waals surface area contributed by atoms with Crippen LogP contribution >= 0.6 is 0 Å². The van der Waals surface area contributed by atoms with Gasteiger partial charge in [-0.25, -0.2) is 0 Å². The first-order valence-corrected chi connectivity index (χ1v) is 6.62. The summed E-state index contributed by atoms with van der Waals surface area (Å²) in [4.78, 5) is 0. The van der Waals surface area contributed by atoms with Gasteiger partial charge in [-0.2, -0.15) is 5.26 Å². The molecule has 0 bridgehead atoms. The van der Waals surface area contributed by atoms with Crippen molar-refractivity contribution in [3.05, 3.63) is 12.2 Å². The average Bonchev–Trinajstić information content (AvgIpc) is 2.92. The lowest BCUT2D eigenvalue weighted by atomic mass is 9.87. The highest BCUT2D eigenvalue weighted by molar-refractivity contribution is 5.00. The molecule has 2 unspecified atom stereocenters. The van der Waals surface area contributed by atoms with E-state index >= 15 is 0 Å². The maximum atomic E-state index is 8.90. The summed E-state index contributed by atoms with van der Waals surface area (Å²) in [5, 5.41) is 8.90. The van der Waals surface area contributed by atoms with E-state index in [4.69, 9.17) is 14.7 Å². The minimum atomic E-state index is -0.375. The van der Waals surface area contributed by atoms with Crippen molar-refractivity contribution < 1.29 is 9.47 Å². The maximum absolute atomic E-state index is 8.90. The first-order chi connectivity index (χ1) is 8.32. The van der Waals surface area contributed by atoms with Gasteiger partial charge in [0, 0.05) is 18.8 Å². The van der Waals surface area contributed by atoms with E-state index in [1.807, 2.05) is 0 Å². The molecule has 1 aliphatic heterocycles. The Hall–Kier alpha value is -0.850. The first-order valence-electron chi connectivity index (χ1n) is 6.62. The van der Waals surface area contributed by atoms with E-state index in [1.54, 1.807) is 0 Å². The molecule has 3 heteroatoms. The average molecular weight is 235 g/mol. The number of hydrogen-bond donors (Lipinski definition) is 0. The number of nitrogens with zero attached hydrogens (tertiary/aromatic N) is 1. The molecule has 94 valence electrons. The van der Waals surface area contributed by atoms with Crippen LogP contribution < -0.4 is 0 Å². The summed E-state index contributed by atoms with van der Waals surface area (Å²) in [5.74, 6) is 0.409. The molecule has 2 fully saturated rings. The van der Waals surface area contributed by atoms with E-state index in [1.165, 1.54) is 0 Å². The fourth-order valence-corrected chi connectivity index (χ4v) is 3.10. The van der Waals surface area contributed by atoms with Crippen molar-refractivity contribution in [3.63, 3.8) is 0 Å². The van der Waals surface area contributed by atoms with Crippen molar-refractivity contribution in [3.8, 4) is 6.07 Å². The largest absolute Gasteiger partial charge is 0.347 e. The third-order valence-corrected chi connectivity index (χ3v) is 3.92. The normalized spacial score (nSPS) is 31.3. The predicted molar refractivity (Wildman–Crippen MR) is 65.1 cm³/mol. The van der Waals surface area contributed by atoms with Gasteiger partial charge in [0.25, 0.3) is 0 Å². The van der Waals surface area contributed by atoms with E-state index in [0.29, 0.717) is 31.5 Å². The van der Waals surface area contributed by atoms with E-state index in [-0.39, 0.29) is 5.79 Å². The zero-order valence-electron chi connectivity index (χ0n) is 10.5. The number of nitriles is 1. The molecule has 0 aromatic heterocycles. The standard InChI is InChI=1S/C14H21NO2/c1-2-3-4-5-13-12(7-9-15)6-8-14(13)16-10-11-17-14/h3-4,12-13H,2,5-8,10-11H2,1H3/b4-3-. The predicted octanol–water partition coefficient (Wildman–Crippen LogP) is 3.03. The Kier molecular flexibility index (Phi) is 4.20. The van der Waals surface area contributed by atoms with Crippen LogP contribution in [0.15, 0.2) is 12.2 Å². The van der Waals surface area contributed by atoms with Gasteiger partial charge in [-0.1, -0.05) is 19.1 Å². The Morgan fingerprint density at radius 1 is 1.35 bits per heavy atom. The minimum Gasteiger partial charge on any atom is -0.347 e. The number of rotatable bonds is 4. The van der Waals surface area contributed by atoms with Crippen molar-refractivity contribution in [1.29, 1.82) is 5.26 Å². The van der Waals surface area contributed by atoms with E-state index in [9.17, 15) is 0 Å². The maximum Gasteiger partial charge on any atom is 0.171 e. The summed E-state index contributed by atoms with van der Waals surface area (Å²) in [6.07, 6.45) is 9.06. The molecule has 17 heavy (non-hydrogen) atoms. The second kappa shape index (κ2) is 5.66. The highest BCUT2D eigenvalue weighted by Crippen LogP contribution is 2.48. The van der Waals surface area contributed by atoms with Crippen LogP contribution in [-0.4, -0.2) is 19.0 Å². The topological polar surface area (TPSA) is 42.2 Å². The van der Waals surface area contributed by atoms with Crippen molar-refractivity contribution in [2.75, 3.05) is 13.2 Å². The van der Waals surface area contributed by atoms with Crippen LogP contribution in [0.5, 0.6) is 0 Å². The lowest BCUT2D eigenvalue weighted by molar-refractivity contribution is -0.185. The summed E-state index contributed by atoms with van der Waals surface area (Å²) in [6, 6.07) is 2.30. The molecule has 2 rings (SSSR count). The quantitative estimate of drug-likeness (QED) is 0.703. The molecule has 0 aromatic rings. The second-order valence-corrected chi connectivity index (χ2v) is 4.89. The molecular weight excluding hydrogens is 214 g/mol. The van der Waals surface area contributed by atoms with Crippen molar-refractivity contribution in [2.24, 2.45) is 11.8 Å². The van der Waals surface area contributed by atoms with Gasteiger partial charge >= 0.3 is 0 Å². The zero-order valence-corrected chi connectivity index (χ0v) is 10.5. The molecule has 0 amide bonds. The lowest BCUT2D eigenvalue weighted by Crippen LogP contribution is -2.36. The summed E-state index contributed by atoms with van der Waals surface area (Å²) < 4.78 is 11.7. The van der Waals surface area contributed by atoms with Gasteiger partial charge in [0.15, 0.2) is 5.79 Å². The van der Waals surface area contributed by atoms with E-state index < -0.39 is 0 Å². The van der Waals surface area contributed by atoms with Crippen LogP contribution in [0.25, 0.3) is 0 Å². The van der Waals surface area contributed by atoms with Gasteiger partial charge in [0.05, 0.1) is 19.3 Å². The summed E-state index contributed by atoms with van der Waals surface area (Å²) in [6.45, 7) is 3.54. The second-order valence-electron chi connectivity index (χ2n) is 4.89. The molecular formula is C14H21NO2. The number of ether oxygens (including phenoxy) is 2. The van der Waals surface area contributed by atoms with Crippen molar-refractivity contribution in [1.82, 2.24) is 0 Å². The van der Waals surface area contributed by atoms with Crippen LogP contribution in [0.1, 0.15) is 39.0 Å². The van der Waals surface area contributed by atoms with Gasteiger partial charge in [-0.3, -0.25) is 0 Å². The molecule has 1 spiro atoms. The van der Waals surface area contributed by atoms with Crippen molar-refractivity contribution in [2.45, 2.75) is 44.8 Å². The van der Waals surface area contributed by atoms with Crippen molar-refractivity contribution >= 4 is 0 Å². The molecule has 0 aromatic carbocycles. The van der Waals surface area contributed by atoms with E-state index in [2.05, 4.69) is 25.1 Å². The third kappa shape index (κ3) is 2.53. The van der Waals surface area contributed by atoms with Gasteiger partial charge in [-0.15, -0.1) is 0 Å². The fraction of sp³-hybridized carbons (Fsp3) is 0.786. The Labute approximate surface area is 103 Å². The highest BCUT2D eigenvalue weighted by atomic mass is 16.7. The first kappa shape index (κ1) is 12.6. The molecule has 1 saturated carbocycles. The Bertz CT molecular complexity index is 313. The van der Waals surface area contributed by atoms with Gasteiger partial charge < -0.3 is 9.47 Å². The molecule has 0 N–H and O–H groups in total. The van der Waals surface area contributed by atoms with Gasteiger partial charge in [-0.05, 0) is 25.2 Å². The lowest BCUT2D eigenvalue weighted by Gasteiger charge is -2.31. The van der Waals surface area contributed by atoms with Crippen LogP contribution in [0.4, 0.5) is 0 Å². The van der Waals surface area contributed by atoms with Crippen LogP contribution in [0.2, 0.25) is 0 Å². The third-order valence-electron chi connectivity index (χ3n) is 3.92. The SMILES string of the molecule is CC/C=C\CC1C(CC#N)CCC12OCCO2. The van der Waals surface area contributed by atoms with Gasteiger partial charge in [0.1, 0.15) is 0 Å². The minimum absolute atomic E-state index is 0.354. The van der Waals surface area contributed by atoms with Crippen LogP contribution in [0, 0.1) is 23.2 Å². The monoisotopic (exact) mass is 235 g/mol. The molecule has 2 aliphatic rings. The van der Waals surface area contributed by atoms with E-state index in [0.717, 1.165) is 25.7 Å². The summed E-state index contributed by atoms with van der Waals surface area (Å²) >= 11 is 0. The molecule has 3 nitrogen and oxygen atoms in total. The highest BCUT2D eigenvalue weighted by Gasteiger charge is 2.51. The molecule has 1 aliphatic carbocycles. The summed E-state index contributed by atoms with van der Waals surface area (Å²) in [7, 11) is 0.